The minimum absolute atomic E-state index is 0.147. The second-order valence-corrected chi connectivity index (χ2v) is 25.1. The van der Waals surface area contributed by atoms with E-state index in [4.69, 9.17) is 0 Å². The highest BCUT2D eigenvalue weighted by atomic mass is 14.6. The van der Waals surface area contributed by atoms with Crippen LogP contribution in [0.1, 0.15) is 157 Å². The van der Waals surface area contributed by atoms with E-state index in [-0.39, 0.29) is 21.7 Å². The fourth-order valence-corrected chi connectivity index (χ4v) is 13.9. The number of rotatable bonds is 6. The third-order valence-corrected chi connectivity index (χ3v) is 17.2. The minimum Gasteiger partial charge on any atom is -0.0802 e. The summed E-state index contributed by atoms with van der Waals surface area (Å²) in [4.78, 5) is 0. The van der Waals surface area contributed by atoms with Crippen LogP contribution in [0, 0.1) is 80.8 Å². The van der Waals surface area contributed by atoms with Crippen LogP contribution in [0.3, 0.4) is 0 Å². The van der Waals surface area contributed by atoms with Crippen molar-refractivity contribution in [1.82, 2.24) is 0 Å². The summed E-state index contributed by atoms with van der Waals surface area (Å²) in [6.07, 6.45) is 42.6. The average Bonchev–Trinajstić information content (AvgIpc) is 4.01. The van der Waals surface area contributed by atoms with Crippen molar-refractivity contribution in [1.29, 1.82) is 0 Å². The van der Waals surface area contributed by atoms with Crippen LogP contribution < -0.4 is 0 Å². The molecule has 0 heterocycles. The summed E-state index contributed by atoms with van der Waals surface area (Å²) in [5, 5.41) is 0. The van der Waals surface area contributed by atoms with Crippen LogP contribution in [0.15, 0.2) is 131 Å². The van der Waals surface area contributed by atoms with Gasteiger partial charge in [0.25, 0.3) is 0 Å². The van der Waals surface area contributed by atoms with Gasteiger partial charge < -0.3 is 0 Å². The lowest BCUT2D eigenvalue weighted by Crippen LogP contribution is -2.29. The molecule has 3 saturated carbocycles. The van der Waals surface area contributed by atoms with Crippen molar-refractivity contribution in [3.63, 3.8) is 0 Å². The lowest BCUT2D eigenvalue weighted by atomic mass is 9.66. The second-order valence-electron chi connectivity index (χ2n) is 25.1. The van der Waals surface area contributed by atoms with E-state index in [0.29, 0.717) is 59.2 Å². The van der Waals surface area contributed by atoms with Crippen molar-refractivity contribution in [3.8, 4) is 0 Å². The van der Waals surface area contributed by atoms with Crippen LogP contribution in [-0.2, 0) is 0 Å². The molecule has 0 heteroatoms. The number of hydrogen-bond acceptors (Lipinski definition) is 0. The highest BCUT2D eigenvalue weighted by Crippen LogP contribution is 2.62. The zero-order chi connectivity index (χ0) is 42.5. The second kappa shape index (κ2) is 15.3. The van der Waals surface area contributed by atoms with Gasteiger partial charge in [-0.1, -0.05) is 212 Å². The molecule has 9 unspecified atom stereocenters. The zero-order valence-electron chi connectivity index (χ0n) is 39.8. The monoisotopic (exact) mass is 801 g/mol. The Labute approximate surface area is 367 Å². The molecule has 9 rings (SSSR count). The number of benzene rings is 1. The molecule has 0 aliphatic heterocycles. The molecule has 0 nitrogen and oxygen atoms in total. The molecule has 1 aromatic rings. The fourth-order valence-electron chi connectivity index (χ4n) is 13.9. The summed E-state index contributed by atoms with van der Waals surface area (Å²) in [5.74, 6) is 6.89. The standard InChI is InChI=1S/C60H80/c1-57(2,3)41-25-29-45-49(33-41)50-34-42(58(4,5)6)26-30-46(50)55(45)53(37-17-13-14-18-37)39-21-23-40(24-22-39)54(38-19-15-16-20-38)56-47-31-27-43(59(7,8)9)35-51(47)52-36-44(60(10,11)12)28-32-48(52)56/h21-38,45-47,49-55H,13-20H2,1-12H3. The average molecular weight is 801 g/mol. The Morgan fingerprint density at radius 1 is 0.417 bits per heavy atom. The van der Waals surface area contributed by atoms with Crippen molar-refractivity contribution in [2.24, 2.45) is 80.8 Å². The molecular weight excluding hydrogens is 721 g/mol. The topological polar surface area (TPSA) is 0 Å². The van der Waals surface area contributed by atoms with Gasteiger partial charge in [0.1, 0.15) is 0 Å². The third kappa shape index (κ3) is 7.59. The molecule has 0 N–H and O–H groups in total. The molecule has 8 aliphatic rings. The van der Waals surface area contributed by atoms with E-state index in [0.717, 1.165) is 11.8 Å². The molecule has 0 aromatic heterocycles. The first-order chi connectivity index (χ1) is 28.3. The van der Waals surface area contributed by atoms with Gasteiger partial charge in [0.15, 0.2) is 0 Å². The van der Waals surface area contributed by atoms with Gasteiger partial charge in [-0.05, 0) is 140 Å². The minimum atomic E-state index is 0.147. The van der Waals surface area contributed by atoms with E-state index in [1.807, 2.05) is 0 Å². The summed E-state index contributed by atoms with van der Waals surface area (Å²) in [7, 11) is 0. The van der Waals surface area contributed by atoms with Gasteiger partial charge in [-0.15, -0.1) is 0 Å². The van der Waals surface area contributed by atoms with Crippen LogP contribution in [0.25, 0.3) is 0 Å². The Morgan fingerprint density at radius 3 is 1.35 bits per heavy atom. The van der Waals surface area contributed by atoms with Crippen molar-refractivity contribution in [2.45, 2.75) is 146 Å². The van der Waals surface area contributed by atoms with Gasteiger partial charge in [0.2, 0.25) is 0 Å². The maximum atomic E-state index is 2.75. The molecule has 0 bridgehead atoms. The van der Waals surface area contributed by atoms with Gasteiger partial charge in [-0.3, -0.25) is 0 Å². The normalized spacial score (nSPS) is 32.9. The lowest BCUT2D eigenvalue weighted by molar-refractivity contribution is 0.238. The quantitative estimate of drug-likeness (QED) is 0.269. The molecule has 0 radical (unpaired) electrons. The largest absolute Gasteiger partial charge is 0.0802 e. The van der Waals surface area contributed by atoms with Gasteiger partial charge in [0, 0.05) is 17.8 Å². The highest BCUT2D eigenvalue weighted by molar-refractivity contribution is 5.55. The maximum absolute atomic E-state index is 2.75. The molecule has 0 saturated heterocycles. The summed E-state index contributed by atoms with van der Waals surface area (Å²) in [6.45, 7) is 28.8. The van der Waals surface area contributed by atoms with Crippen molar-refractivity contribution in [2.75, 3.05) is 0 Å². The fraction of sp³-hybridized carbons (Fsp3) is 0.600. The van der Waals surface area contributed by atoms with Gasteiger partial charge in [-0.25, -0.2) is 0 Å². The van der Waals surface area contributed by atoms with Gasteiger partial charge in [-0.2, -0.15) is 0 Å². The predicted molar refractivity (Wildman–Crippen MR) is 257 cm³/mol. The van der Waals surface area contributed by atoms with Crippen LogP contribution in [0.5, 0.6) is 0 Å². The summed E-state index contributed by atoms with van der Waals surface area (Å²) in [6, 6.07) is 10.7. The maximum Gasteiger partial charge on any atom is 0.00958 e. The Morgan fingerprint density at radius 2 is 0.850 bits per heavy atom. The van der Waals surface area contributed by atoms with E-state index < -0.39 is 0 Å². The van der Waals surface area contributed by atoms with E-state index in [1.165, 1.54) is 73.7 Å². The number of allylic oxidation sites excluding steroid dienone is 18. The first-order valence-electron chi connectivity index (χ1n) is 24.7. The summed E-state index contributed by atoms with van der Waals surface area (Å²) < 4.78 is 0. The van der Waals surface area contributed by atoms with Crippen LogP contribution in [0.4, 0.5) is 0 Å². The van der Waals surface area contributed by atoms with Gasteiger partial charge >= 0.3 is 0 Å². The third-order valence-electron chi connectivity index (χ3n) is 17.2. The van der Waals surface area contributed by atoms with Crippen molar-refractivity contribution < 1.29 is 0 Å². The molecule has 9 atom stereocenters. The number of fused-ring (bicyclic) bond motifs is 6. The van der Waals surface area contributed by atoms with Crippen LogP contribution in [-0.4, -0.2) is 0 Å². The van der Waals surface area contributed by atoms with Crippen LogP contribution in [0.2, 0.25) is 0 Å². The van der Waals surface area contributed by atoms with Crippen molar-refractivity contribution >= 4 is 0 Å². The Kier molecular flexibility index (Phi) is 10.8. The SMILES string of the molecule is CC(C)(C)C1=CC2C(=C(C(c3ccc(C(C4CCCC4)C4C5C=CC(C(C)(C)C)=CC5C5C=C(C(C)(C)C)C=CC54)cc3)C3CCCC3)C3C=CC(C(C)(C)C)=CC23)C=C1. The molecule has 0 amide bonds. The first kappa shape index (κ1) is 42.2. The van der Waals surface area contributed by atoms with Crippen LogP contribution >= 0.6 is 0 Å². The van der Waals surface area contributed by atoms with E-state index in [2.05, 4.69) is 180 Å². The Hall–Kier alpha value is -3.12. The van der Waals surface area contributed by atoms with E-state index in [1.54, 1.807) is 22.3 Å². The Bertz CT molecular complexity index is 2030. The molecule has 1 aromatic carbocycles. The van der Waals surface area contributed by atoms with Gasteiger partial charge in [0.05, 0.1) is 0 Å². The smallest absolute Gasteiger partial charge is 0.00958 e. The van der Waals surface area contributed by atoms with E-state index >= 15 is 0 Å². The predicted octanol–water partition coefficient (Wildman–Crippen LogP) is 16.7. The Balaban J connectivity index is 1.12. The molecule has 320 valence electrons. The zero-order valence-corrected chi connectivity index (χ0v) is 39.8. The molecule has 60 heavy (non-hydrogen) atoms. The highest BCUT2D eigenvalue weighted by Gasteiger charge is 2.54. The number of hydrogen-bond donors (Lipinski definition) is 0. The molecular formula is C60H80. The molecule has 3 fully saturated rings. The summed E-state index contributed by atoms with van der Waals surface area (Å²) in [5.41, 5.74) is 13.3. The lowest BCUT2D eigenvalue weighted by Gasteiger charge is -2.38. The molecule has 0 spiro atoms. The summed E-state index contributed by atoms with van der Waals surface area (Å²) >= 11 is 0. The van der Waals surface area contributed by atoms with Crippen molar-refractivity contribution in [3.05, 3.63) is 142 Å². The first-order valence-corrected chi connectivity index (χ1v) is 24.7. The van der Waals surface area contributed by atoms with E-state index in [9.17, 15) is 0 Å². The molecule has 8 aliphatic carbocycles.